The van der Waals surface area contributed by atoms with Crippen LogP contribution < -0.4 is 10.2 Å². The smallest absolute Gasteiger partial charge is 0.137 e. The van der Waals surface area contributed by atoms with Crippen molar-refractivity contribution < 1.29 is 0 Å². The van der Waals surface area contributed by atoms with Gasteiger partial charge in [0, 0.05) is 34.9 Å². The van der Waals surface area contributed by atoms with Gasteiger partial charge in [-0.05, 0) is 50.7 Å². The SMILES string of the molecule is CC(C)N(CC1CCCCN1)c1nccc2sccc12. The number of fused-ring (bicyclic) bond motifs is 1. The molecule has 1 fully saturated rings. The third-order valence-corrected chi connectivity index (χ3v) is 4.97. The topological polar surface area (TPSA) is 28.2 Å². The first-order valence-electron chi connectivity index (χ1n) is 7.58. The predicted molar refractivity (Wildman–Crippen MR) is 87.7 cm³/mol. The van der Waals surface area contributed by atoms with E-state index in [9.17, 15) is 0 Å². The number of pyridine rings is 1. The van der Waals surface area contributed by atoms with E-state index in [1.807, 2.05) is 6.20 Å². The average molecular weight is 289 g/mol. The van der Waals surface area contributed by atoms with E-state index < -0.39 is 0 Å². The highest BCUT2D eigenvalue weighted by molar-refractivity contribution is 7.17. The van der Waals surface area contributed by atoms with E-state index in [2.05, 4.69) is 46.6 Å². The first-order chi connectivity index (χ1) is 9.75. The molecule has 0 saturated carbocycles. The molecule has 3 rings (SSSR count). The maximum absolute atomic E-state index is 4.67. The summed E-state index contributed by atoms with van der Waals surface area (Å²) in [5.41, 5.74) is 0. The molecular weight excluding hydrogens is 266 g/mol. The van der Waals surface area contributed by atoms with Gasteiger partial charge >= 0.3 is 0 Å². The Labute approximate surface area is 125 Å². The molecule has 0 bridgehead atoms. The first kappa shape index (κ1) is 13.8. The summed E-state index contributed by atoms with van der Waals surface area (Å²) in [5.74, 6) is 1.14. The normalized spacial score (nSPS) is 19.6. The maximum atomic E-state index is 4.67. The summed E-state index contributed by atoms with van der Waals surface area (Å²) in [6, 6.07) is 5.38. The number of hydrogen-bond acceptors (Lipinski definition) is 4. The van der Waals surface area contributed by atoms with Crippen LogP contribution in [0.1, 0.15) is 33.1 Å². The highest BCUT2D eigenvalue weighted by Gasteiger charge is 2.21. The molecule has 1 unspecified atom stereocenters. The van der Waals surface area contributed by atoms with Crippen molar-refractivity contribution in [3.8, 4) is 0 Å². The second kappa shape index (κ2) is 6.10. The Bertz CT molecular complexity index is 558. The lowest BCUT2D eigenvalue weighted by molar-refractivity contribution is 0.393. The number of rotatable bonds is 4. The van der Waals surface area contributed by atoms with Crippen LogP contribution in [0.15, 0.2) is 23.7 Å². The molecule has 0 amide bonds. The van der Waals surface area contributed by atoms with Crippen LogP contribution in [0.25, 0.3) is 10.1 Å². The van der Waals surface area contributed by atoms with E-state index in [1.54, 1.807) is 11.3 Å². The van der Waals surface area contributed by atoms with Crippen molar-refractivity contribution in [2.45, 2.75) is 45.2 Å². The number of piperidine rings is 1. The van der Waals surface area contributed by atoms with Crippen LogP contribution >= 0.6 is 11.3 Å². The molecular formula is C16H23N3S. The predicted octanol–water partition coefficient (Wildman–Crippen LogP) is 3.65. The Balaban J connectivity index is 1.87. The number of aromatic nitrogens is 1. The van der Waals surface area contributed by atoms with Crippen molar-refractivity contribution in [2.75, 3.05) is 18.0 Å². The van der Waals surface area contributed by atoms with Gasteiger partial charge in [0.25, 0.3) is 0 Å². The summed E-state index contributed by atoms with van der Waals surface area (Å²) >= 11 is 1.79. The van der Waals surface area contributed by atoms with Crippen LogP contribution in [0, 0.1) is 0 Å². The maximum Gasteiger partial charge on any atom is 0.137 e. The molecule has 1 atom stereocenters. The Morgan fingerprint density at radius 1 is 1.40 bits per heavy atom. The third-order valence-electron chi connectivity index (χ3n) is 4.08. The minimum atomic E-state index is 0.469. The highest BCUT2D eigenvalue weighted by Crippen LogP contribution is 2.30. The fraction of sp³-hybridized carbons (Fsp3) is 0.562. The van der Waals surface area contributed by atoms with Gasteiger partial charge in [0.2, 0.25) is 0 Å². The molecule has 0 radical (unpaired) electrons. The Kier molecular flexibility index (Phi) is 4.22. The second-order valence-electron chi connectivity index (χ2n) is 5.86. The Morgan fingerprint density at radius 2 is 2.30 bits per heavy atom. The van der Waals surface area contributed by atoms with E-state index in [1.165, 1.54) is 29.3 Å². The van der Waals surface area contributed by atoms with E-state index in [0.717, 1.165) is 18.9 Å². The lowest BCUT2D eigenvalue weighted by atomic mass is 10.0. The first-order valence-corrected chi connectivity index (χ1v) is 8.46. The summed E-state index contributed by atoms with van der Waals surface area (Å²) in [7, 11) is 0. The standard InChI is InChI=1S/C16H23N3S/c1-12(2)19(11-13-5-3-4-8-17-13)16-14-7-10-20-15(14)6-9-18-16/h6-7,9-10,12-13,17H,3-5,8,11H2,1-2H3. The molecule has 2 aromatic heterocycles. The Morgan fingerprint density at radius 3 is 3.05 bits per heavy atom. The minimum Gasteiger partial charge on any atom is -0.352 e. The van der Waals surface area contributed by atoms with Crippen molar-refractivity contribution >= 4 is 27.2 Å². The zero-order chi connectivity index (χ0) is 13.9. The highest BCUT2D eigenvalue weighted by atomic mass is 32.1. The summed E-state index contributed by atoms with van der Waals surface area (Å²) in [6.45, 7) is 6.73. The van der Waals surface area contributed by atoms with Crippen LogP contribution in [0.3, 0.4) is 0 Å². The van der Waals surface area contributed by atoms with Crippen molar-refractivity contribution in [1.29, 1.82) is 0 Å². The zero-order valence-corrected chi connectivity index (χ0v) is 13.1. The molecule has 0 spiro atoms. The number of nitrogens with zero attached hydrogens (tertiary/aromatic N) is 2. The van der Waals surface area contributed by atoms with Gasteiger partial charge in [-0.3, -0.25) is 0 Å². The third kappa shape index (κ3) is 2.81. The molecule has 1 aliphatic heterocycles. The van der Waals surface area contributed by atoms with Crippen molar-refractivity contribution in [2.24, 2.45) is 0 Å². The molecule has 108 valence electrons. The fourth-order valence-electron chi connectivity index (χ4n) is 2.97. The molecule has 0 aromatic carbocycles. The lowest BCUT2D eigenvalue weighted by Gasteiger charge is -2.34. The van der Waals surface area contributed by atoms with Crippen molar-refractivity contribution in [3.63, 3.8) is 0 Å². The van der Waals surface area contributed by atoms with Crippen molar-refractivity contribution in [1.82, 2.24) is 10.3 Å². The minimum absolute atomic E-state index is 0.469. The second-order valence-corrected chi connectivity index (χ2v) is 6.81. The quantitative estimate of drug-likeness (QED) is 0.931. The zero-order valence-electron chi connectivity index (χ0n) is 12.3. The van der Waals surface area contributed by atoms with Gasteiger partial charge in [-0.15, -0.1) is 11.3 Å². The molecule has 1 aliphatic rings. The van der Waals surface area contributed by atoms with Gasteiger partial charge in [-0.2, -0.15) is 0 Å². The van der Waals surface area contributed by atoms with Gasteiger partial charge < -0.3 is 10.2 Å². The van der Waals surface area contributed by atoms with Crippen LogP contribution in [0.5, 0.6) is 0 Å². The van der Waals surface area contributed by atoms with Crippen LogP contribution in [-0.2, 0) is 0 Å². The summed E-state index contributed by atoms with van der Waals surface area (Å²) < 4.78 is 1.33. The molecule has 2 aromatic rings. The molecule has 1 saturated heterocycles. The van der Waals surface area contributed by atoms with Gasteiger partial charge in [0.05, 0.1) is 0 Å². The molecule has 3 heterocycles. The molecule has 20 heavy (non-hydrogen) atoms. The number of anilines is 1. The molecule has 1 N–H and O–H groups in total. The largest absolute Gasteiger partial charge is 0.352 e. The van der Waals surface area contributed by atoms with Crippen LogP contribution in [0.2, 0.25) is 0 Å². The number of nitrogens with one attached hydrogen (secondary N) is 1. The summed E-state index contributed by atoms with van der Waals surface area (Å²) in [5, 5.41) is 7.10. The van der Waals surface area contributed by atoms with Crippen molar-refractivity contribution in [3.05, 3.63) is 23.7 Å². The van der Waals surface area contributed by atoms with Gasteiger partial charge in [0.1, 0.15) is 5.82 Å². The Hall–Kier alpha value is -1.13. The van der Waals surface area contributed by atoms with Crippen LogP contribution in [-0.4, -0.2) is 30.2 Å². The van der Waals surface area contributed by atoms with Gasteiger partial charge in [-0.1, -0.05) is 6.42 Å². The summed E-state index contributed by atoms with van der Waals surface area (Å²) in [6.07, 6.45) is 5.89. The number of thiophene rings is 1. The van der Waals surface area contributed by atoms with Gasteiger partial charge in [-0.25, -0.2) is 4.98 Å². The van der Waals surface area contributed by atoms with Gasteiger partial charge in [0.15, 0.2) is 0 Å². The molecule has 4 heteroatoms. The molecule has 3 nitrogen and oxygen atoms in total. The molecule has 0 aliphatic carbocycles. The van der Waals surface area contributed by atoms with E-state index in [0.29, 0.717) is 12.1 Å². The van der Waals surface area contributed by atoms with E-state index >= 15 is 0 Å². The fourth-order valence-corrected chi connectivity index (χ4v) is 3.74. The lowest BCUT2D eigenvalue weighted by Crippen LogP contribution is -2.46. The van der Waals surface area contributed by atoms with E-state index in [4.69, 9.17) is 0 Å². The van der Waals surface area contributed by atoms with Crippen LogP contribution in [0.4, 0.5) is 5.82 Å². The monoisotopic (exact) mass is 289 g/mol. The summed E-state index contributed by atoms with van der Waals surface area (Å²) in [4.78, 5) is 7.13. The number of hydrogen-bond donors (Lipinski definition) is 1. The van der Waals surface area contributed by atoms with E-state index in [-0.39, 0.29) is 0 Å². The average Bonchev–Trinajstić information content (AvgIpc) is 2.94.